The minimum atomic E-state index is -4.39. The van der Waals surface area contributed by atoms with E-state index in [-0.39, 0.29) is 0 Å². The average Bonchev–Trinajstić information content (AvgIpc) is 2.75. The standard InChI is InChI=1S/C12H13BrF3NO2S/c13-7-12(3-1-2-4-12)17-20(18,19)11-9(15)5-8(14)6-10(11)16/h5-6,17H,1-4,7H2. The van der Waals surface area contributed by atoms with Crippen molar-refractivity contribution in [3.63, 3.8) is 0 Å². The van der Waals surface area contributed by atoms with Gasteiger partial charge in [0.2, 0.25) is 10.0 Å². The minimum absolute atomic E-state index is 0.351. The smallest absolute Gasteiger partial charge is 0.207 e. The average molecular weight is 372 g/mol. The summed E-state index contributed by atoms with van der Waals surface area (Å²) >= 11 is 3.23. The summed E-state index contributed by atoms with van der Waals surface area (Å²) in [5.41, 5.74) is -0.744. The van der Waals surface area contributed by atoms with E-state index in [9.17, 15) is 21.6 Å². The van der Waals surface area contributed by atoms with Crippen molar-refractivity contribution in [1.82, 2.24) is 4.72 Å². The Kier molecular flexibility index (Phi) is 4.46. The molecule has 112 valence electrons. The highest BCUT2D eigenvalue weighted by molar-refractivity contribution is 9.09. The molecule has 0 amide bonds. The largest absolute Gasteiger partial charge is 0.246 e. The van der Waals surface area contributed by atoms with Crippen LogP contribution in [-0.2, 0) is 10.0 Å². The van der Waals surface area contributed by atoms with Crippen LogP contribution in [0.5, 0.6) is 0 Å². The quantitative estimate of drug-likeness (QED) is 0.826. The molecule has 0 radical (unpaired) electrons. The molecule has 0 saturated heterocycles. The van der Waals surface area contributed by atoms with Crippen molar-refractivity contribution in [2.75, 3.05) is 5.33 Å². The van der Waals surface area contributed by atoms with Crippen molar-refractivity contribution in [2.24, 2.45) is 0 Å². The van der Waals surface area contributed by atoms with Crippen LogP contribution in [0.2, 0.25) is 0 Å². The molecule has 1 aliphatic rings. The van der Waals surface area contributed by atoms with Gasteiger partial charge in [-0.1, -0.05) is 28.8 Å². The first-order chi connectivity index (χ1) is 9.30. The van der Waals surface area contributed by atoms with Gasteiger partial charge in [0.05, 0.1) is 0 Å². The third kappa shape index (κ3) is 3.01. The maximum Gasteiger partial charge on any atom is 0.246 e. The van der Waals surface area contributed by atoms with Crippen LogP contribution in [0.1, 0.15) is 25.7 Å². The molecule has 1 N–H and O–H groups in total. The molecule has 20 heavy (non-hydrogen) atoms. The van der Waals surface area contributed by atoms with Crippen LogP contribution in [0.3, 0.4) is 0 Å². The number of sulfonamides is 1. The van der Waals surface area contributed by atoms with Crippen LogP contribution in [0.4, 0.5) is 13.2 Å². The Morgan fingerprint density at radius 1 is 1.15 bits per heavy atom. The molecule has 0 aromatic heterocycles. The summed E-state index contributed by atoms with van der Waals surface area (Å²) in [5, 5.41) is 0.351. The highest BCUT2D eigenvalue weighted by Crippen LogP contribution is 2.33. The summed E-state index contributed by atoms with van der Waals surface area (Å²) in [6.07, 6.45) is 2.84. The van der Waals surface area contributed by atoms with E-state index in [0.717, 1.165) is 12.8 Å². The zero-order chi connectivity index (χ0) is 15.0. The van der Waals surface area contributed by atoms with Gasteiger partial charge in [-0.25, -0.2) is 26.3 Å². The molecule has 3 nitrogen and oxygen atoms in total. The first kappa shape index (κ1) is 15.8. The zero-order valence-corrected chi connectivity index (χ0v) is 12.8. The molecule has 1 aromatic carbocycles. The molecule has 2 rings (SSSR count). The summed E-state index contributed by atoms with van der Waals surface area (Å²) in [6, 6.07) is 0.709. The Morgan fingerprint density at radius 3 is 2.10 bits per heavy atom. The summed E-state index contributed by atoms with van der Waals surface area (Å²) in [7, 11) is -4.39. The van der Waals surface area contributed by atoms with Crippen LogP contribution in [0.25, 0.3) is 0 Å². The van der Waals surface area contributed by atoms with Crippen LogP contribution >= 0.6 is 15.9 Å². The van der Waals surface area contributed by atoms with Gasteiger partial charge in [-0.05, 0) is 12.8 Å². The van der Waals surface area contributed by atoms with Gasteiger partial charge in [0.25, 0.3) is 0 Å². The monoisotopic (exact) mass is 371 g/mol. The second-order valence-corrected chi connectivity index (χ2v) is 7.11. The summed E-state index contributed by atoms with van der Waals surface area (Å²) < 4.78 is 66.7. The molecule has 0 unspecified atom stereocenters. The van der Waals surface area contributed by atoms with Crippen molar-refractivity contribution in [1.29, 1.82) is 0 Å². The van der Waals surface area contributed by atoms with E-state index in [4.69, 9.17) is 0 Å². The van der Waals surface area contributed by atoms with E-state index in [1.165, 1.54) is 0 Å². The Labute approximate surface area is 123 Å². The van der Waals surface area contributed by atoms with Gasteiger partial charge < -0.3 is 0 Å². The molecular weight excluding hydrogens is 359 g/mol. The number of hydrogen-bond acceptors (Lipinski definition) is 2. The summed E-state index contributed by atoms with van der Waals surface area (Å²) in [4.78, 5) is -1.13. The predicted molar refractivity (Wildman–Crippen MR) is 71.6 cm³/mol. The third-order valence-electron chi connectivity index (χ3n) is 3.40. The normalized spacial score (nSPS) is 18.4. The van der Waals surface area contributed by atoms with Crippen molar-refractivity contribution in [3.8, 4) is 0 Å². The van der Waals surface area contributed by atoms with E-state index >= 15 is 0 Å². The first-order valence-corrected chi connectivity index (χ1v) is 8.65. The van der Waals surface area contributed by atoms with Crippen molar-refractivity contribution in [2.45, 2.75) is 36.1 Å². The van der Waals surface area contributed by atoms with E-state index in [1.54, 1.807) is 0 Å². The SMILES string of the molecule is O=S(=O)(NC1(CBr)CCCC1)c1c(F)cc(F)cc1F. The number of nitrogens with one attached hydrogen (secondary N) is 1. The lowest BCUT2D eigenvalue weighted by Gasteiger charge is -2.27. The molecule has 1 saturated carbocycles. The second kappa shape index (κ2) is 5.65. The molecule has 0 spiro atoms. The lowest BCUT2D eigenvalue weighted by molar-refractivity contribution is 0.430. The van der Waals surface area contributed by atoms with Gasteiger partial charge in [0.15, 0.2) is 4.90 Å². The number of halogens is 4. The van der Waals surface area contributed by atoms with Gasteiger partial charge in [-0.2, -0.15) is 0 Å². The van der Waals surface area contributed by atoms with Gasteiger partial charge in [0.1, 0.15) is 17.5 Å². The molecule has 1 fully saturated rings. The van der Waals surface area contributed by atoms with Gasteiger partial charge in [-0.15, -0.1) is 0 Å². The molecule has 0 heterocycles. The van der Waals surface area contributed by atoms with Gasteiger partial charge >= 0.3 is 0 Å². The Hall–Kier alpha value is -0.600. The predicted octanol–water partition coefficient (Wildman–Crippen LogP) is 3.09. The summed E-state index contributed by atoms with van der Waals surface area (Å²) in [5.74, 6) is -4.02. The number of alkyl halides is 1. The molecule has 1 aliphatic carbocycles. The molecular formula is C12H13BrF3NO2S. The first-order valence-electron chi connectivity index (χ1n) is 6.04. The highest BCUT2D eigenvalue weighted by Gasteiger charge is 2.39. The van der Waals surface area contributed by atoms with Crippen LogP contribution < -0.4 is 4.72 Å². The maximum absolute atomic E-state index is 13.6. The molecule has 1 aromatic rings. The van der Waals surface area contributed by atoms with Crippen LogP contribution in [0.15, 0.2) is 17.0 Å². The topological polar surface area (TPSA) is 46.2 Å². The lowest BCUT2D eigenvalue weighted by atomic mass is 10.0. The van der Waals surface area contributed by atoms with E-state index in [1.807, 2.05) is 0 Å². The third-order valence-corrected chi connectivity index (χ3v) is 6.10. The fourth-order valence-electron chi connectivity index (χ4n) is 2.44. The Morgan fingerprint density at radius 2 is 1.65 bits per heavy atom. The Bertz CT molecular complexity index is 592. The van der Waals surface area contributed by atoms with Crippen LogP contribution in [0, 0.1) is 17.5 Å². The van der Waals surface area contributed by atoms with E-state index in [2.05, 4.69) is 20.7 Å². The van der Waals surface area contributed by atoms with Gasteiger partial charge in [0, 0.05) is 23.0 Å². The second-order valence-electron chi connectivity index (χ2n) is 4.93. The van der Waals surface area contributed by atoms with Crippen molar-refractivity contribution < 1.29 is 21.6 Å². The van der Waals surface area contributed by atoms with Crippen LogP contribution in [-0.4, -0.2) is 19.3 Å². The number of benzene rings is 1. The summed E-state index contributed by atoms with van der Waals surface area (Å²) in [6.45, 7) is 0. The fourth-order valence-corrected chi connectivity index (χ4v) is 4.90. The highest BCUT2D eigenvalue weighted by atomic mass is 79.9. The Balaban J connectivity index is 2.41. The number of hydrogen-bond donors (Lipinski definition) is 1. The molecule has 8 heteroatoms. The fraction of sp³-hybridized carbons (Fsp3) is 0.500. The van der Waals surface area contributed by atoms with Gasteiger partial charge in [-0.3, -0.25) is 0 Å². The molecule has 0 aliphatic heterocycles. The minimum Gasteiger partial charge on any atom is -0.207 e. The zero-order valence-electron chi connectivity index (χ0n) is 10.4. The molecule has 0 bridgehead atoms. The van der Waals surface area contributed by atoms with Crippen molar-refractivity contribution >= 4 is 26.0 Å². The lowest BCUT2D eigenvalue weighted by Crippen LogP contribution is -2.48. The number of rotatable bonds is 4. The van der Waals surface area contributed by atoms with Crippen molar-refractivity contribution in [3.05, 3.63) is 29.6 Å². The molecule has 0 atom stereocenters. The maximum atomic E-state index is 13.6. The van der Waals surface area contributed by atoms with E-state index < -0.39 is 37.9 Å². The van der Waals surface area contributed by atoms with E-state index in [0.29, 0.717) is 30.3 Å².